The molecule has 0 N–H and O–H groups in total. The van der Waals surface area contributed by atoms with E-state index in [1.165, 1.54) is 6.08 Å². The third kappa shape index (κ3) is 4.87. The molecule has 0 atom stereocenters. The number of hydrogen-bond acceptors (Lipinski definition) is 0. The standard InChI is InChI=1S/C13H19F/c1-6-7-12(11(4)5)13(14)9-8-10(2)3/h1,7,9-11H,8H2,2-5H3/b12-7-,13-9+. The second-order valence-corrected chi connectivity index (χ2v) is 4.10. The molecule has 78 valence electrons. The van der Waals surface area contributed by atoms with E-state index in [0.29, 0.717) is 11.5 Å². The average molecular weight is 194 g/mol. The van der Waals surface area contributed by atoms with Crippen LogP contribution in [0.4, 0.5) is 4.39 Å². The van der Waals surface area contributed by atoms with Crippen LogP contribution in [0.2, 0.25) is 0 Å². The predicted octanol–water partition coefficient (Wildman–Crippen LogP) is 4.10. The lowest BCUT2D eigenvalue weighted by Crippen LogP contribution is -1.95. The maximum absolute atomic E-state index is 13.6. The lowest BCUT2D eigenvalue weighted by molar-refractivity contribution is 0.586. The molecule has 0 heterocycles. The van der Waals surface area contributed by atoms with E-state index in [2.05, 4.69) is 19.8 Å². The summed E-state index contributed by atoms with van der Waals surface area (Å²) in [6, 6.07) is 0. The first-order valence-electron chi connectivity index (χ1n) is 5.01. The van der Waals surface area contributed by atoms with Gasteiger partial charge in [0, 0.05) is 0 Å². The first kappa shape index (κ1) is 13.0. The molecule has 0 aliphatic heterocycles. The van der Waals surface area contributed by atoms with Gasteiger partial charge in [-0.05, 0) is 36.0 Å². The van der Waals surface area contributed by atoms with E-state index in [9.17, 15) is 4.39 Å². The Morgan fingerprint density at radius 1 is 1.36 bits per heavy atom. The van der Waals surface area contributed by atoms with Gasteiger partial charge in [0.25, 0.3) is 0 Å². The largest absolute Gasteiger partial charge is 0.207 e. The first-order chi connectivity index (χ1) is 6.49. The van der Waals surface area contributed by atoms with Gasteiger partial charge < -0.3 is 0 Å². The van der Waals surface area contributed by atoms with Crippen molar-refractivity contribution in [3.63, 3.8) is 0 Å². The summed E-state index contributed by atoms with van der Waals surface area (Å²) < 4.78 is 13.6. The lowest BCUT2D eigenvalue weighted by Gasteiger charge is -2.08. The molecule has 0 amide bonds. The first-order valence-corrected chi connectivity index (χ1v) is 5.01. The van der Waals surface area contributed by atoms with Crippen LogP contribution < -0.4 is 0 Å². The molecule has 0 aromatic heterocycles. The molecule has 0 rings (SSSR count). The van der Waals surface area contributed by atoms with Gasteiger partial charge in [0.1, 0.15) is 5.83 Å². The van der Waals surface area contributed by atoms with Crippen molar-refractivity contribution in [1.29, 1.82) is 0 Å². The Hall–Kier alpha value is -1.03. The molecule has 0 aliphatic carbocycles. The maximum Gasteiger partial charge on any atom is 0.123 e. The van der Waals surface area contributed by atoms with Crippen molar-refractivity contribution in [3.05, 3.63) is 23.6 Å². The summed E-state index contributed by atoms with van der Waals surface area (Å²) >= 11 is 0. The minimum absolute atomic E-state index is 0.134. The number of terminal acetylenes is 1. The molecule has 0 unspecified atom stereocenters. The Kier molecular flexibility index (Phi) is 5.95. The molecule has 0 aromatic rings. The topological polar surface area (TPSA) is 0 Å². The van der Waals surface area contributed by atoms with Gasteiger partial charge in [0.15, 0.2) is 0 Å². The second-order valence-electron chi connectivity index (χ2n) is 4.10. The number of allylic oxidation sites excluding steroid dienone is 4. The van der Waals surface area contributed by atoms with E-state index in [-0.39, 0.29) is 11.7 Å². The highest BCUT2D eigenvalue weighted by Gasteiger charge is 2.08. The monoisotopic (exact) mass is 194 g/mol. The lowest BCUT2D eigenvalue weighted by atomic mass is 10.00. The van der Waals surface area contributed by atoms with Gasteiger partial charge >= 0.3 is 0 Å². The Bertz CT molecular complexity index is 261. The van der Waals surface area contributed by atoms with Crippen molar-refractivity contribution in [2.24, 2.45) is 11.8 Å². The summed E-state index contributed by atoms with van der Waals surface area (Å²) in [5.41, 5.74) is 0.619. The number of halogens is 1. The van der Waals surface area contributed by atoms with Gasteiger partial charge in [0.05, 0.1) is 0 Å². The highest BCUT2D eigenvalue weighted by molar-refractivity contribution is 5.32. The summed E-state index contributed by atoms with van der Waals surface area (Å²) in [5.74, 6) is 2.81. The number of rotatable bonds is 4. The van der Waals surface area contributed by atoms with Crippen LogP contribution in [0.1, 0.15) is 34.1 Å². The van der Waals surface area contributed by atoms with Crippen molar-refractivity contribution >= 4 is 0 Å². The molecular weight excluding hydrogens is 175 g/mol. The molecule has 0 spiro atoms. The SMILES string of the molecule is C#C/C=C(\C(F)=C/CC(C)C)C(C)C. The zero-order chi connectivity index (χ0) is 11.1. The predicted molar refractivity (Wildman–Crippen MR) is 60.4 cm³/mol. The quantitative estimate of drug-likeness (QED) is 0.467. The minimum atomic E-state index is -0.174. The van der Waals surface area contributed by atoms with Crippen LogP contribution >= 0.6 is 0 Å². The van der Waals surface area contributed by atoms with Crippen molar-refractivity contribution in [2.75, 3.05) is 0 Å². The highest BCUT2D eigenvalue weighted by Crippen LogP contribution is 2.21. The van der Waals surface area contributed by atoms with Crippen LogP contribution in [0, 0.1) is 24.2 Å². The van der Waals surface area contributed by atoms with Crippen molar-refractivity contribution in [1.82, 2.24) is 0 Å². The maximum atomic E-state index is 13.6. The molecular formula is C13H19F. The molecule has 14 heavy (non-hydrogen) atoms. The molecule has 0 aromatic carbocycles. The smallest absolute Gasteiger partial charge is 0.123 e. The van der Waals surface area contributed by atoms with Gasteiger partial charge in [-0.2, -0.15) is 0 Å². The fourth-order valence-electron chi connectivity index (χ4n) is 1.06. The zero-order valence-corrected chi connectivity index (χ0v) is 9.47. The van der Waals surface area contributed by atoms with Crippen molar-refractivity contribution in [2.45, 2.75) is 34.1 Å². The molecule has 0 saturated carbocycles. The van der Waals surface area contributed by atoms with Gasteiger partial charge in [-0.1, -0.05) is 33.6 Å². The molecule has 0 nitrogen and oxygen atoms in total. The molecule has 0 saturated heterocycles. The van der Waals surface area contributed by atoms with Crippen LogP contribution in [-0.2, 0) is 0 Å². The number of hydrogen-bond donors (Lipinski definition) is 0. The fourth-order valence-corrected chi connectivity index (χ4v) is 1.06. The van der Waals surface area contributed by atoms with E-state index in [0.717, 1.165) is 6.42 Å². The third-order valence-electron chi connectivity index (χ3n) is 1.91. The van der Waals surface area contributed by atoms with Crippen molar-refractivity contribution < 1.29 is 4.39 Å². The zero-order valence-electron chi connectivity index (χ0n) is 9.47. The van der Waals surface area contributed by atoms with Gasteiger partial charge in [0.2, 0.25) is 0 Å². The second kappa shape index (κ2) is 6.43. The molecule has 0 fully saturated rings. The van der Waals surface area contributed by atoms with Crippen LogP contribution in [0.5, 0.6) is 0 Å². The highest BCUT2D eigenvalue weighted by atomic mass is 19.1. The molecule has 0 bridgehead atoms. The molecule has 0 aliphatic rings. The van der Waals surface area contributed by atoms with Crippen LogP contribution in [-0.4, -0.2) is 0 Å². The van der Waals surface area contributed by atoms with Crippen LogP contribution in [0.15, 0.2) is 23.6 Å². The van der Waals surface area contributed by atoms with Gasteiger partial charge in [-0.3, -0.25) is 0 Å². The summed E-state index contributed by atoms with van der Waals surface area (Å²) in [7, 11) is 0. The average Bonchev–Trinajstić information content (AvgIpc) is 2.09. The summed E-state index contributed by atoms with van der Waals surface area (Å²) in [5, 5.41) is 0. The molecule has 0 radical (unpaired) electrons. The third-order valence-corrected chi connectivity index (χ3v) is 1.91. The Morgan fingerprint density at radius 3 is 2.29 bits per heavy atom. The van der Waals surface area contributed by atoms with E-state index >= 15 is 0 Å². The Morgan fingerprint density at radius 2 is 1.93 bits per heavy atom. The van der Waals surface area contributed by atoms with E-state index in [4.69, 9.17) is 6.42 Å². The van der Waals surface area contributed by atoms with Crippen molar-refractivity contribution in [3.8, 4) is 12.3 Å². The molecule has 1 heteroatoms. The Labute approximate surface area is 86.9 Å². The van der Waals surface area contributed by atoms with Gasteiger partial charge in [-0.25, -0.2) is 4.39 Å². The van der Waals surface area contributed by atoms with Crippen LogP contribution in [0.3, 0.4) is 0 Å². The summed E-state index contributed by atoms with van der Waals surface area (Å²) in [6.07, 6.45) is 9.02. The minimum Gasteiger partial charge on any atom is -0.207 e. The summed E-state index contributed by atoms with van der Waals surface area (Å²) in [6.45, 7) is 7.99. The van der Waals surface area contributed by atoms with E-state index < -0.39 is 0 Å². The normalized spacial score (nSPS) is 13.6. The van der Waals surface area contributed by atoms with Crippen LogP contribution in [0.25, 0.3) is 0 Å². The van der Waals surface area contributed by atoms with E-state index in [1.54, 1.807) is 6.08 Å². The fraction of sp³-hybridized carbons (Fsp3) is 0.538. The Balaban J connectivity index is 4.62. The summed E-state index contributed by atoms with van der Waals surface area (Å²) in [4.78, 5) is 0. The van der Waals surface area contributed by atoms with Gasteiger partial charge in [-0.15, -0.1) is 6.42 Å². The van der Waals surface area contributed by atoms with E-state index in [1.807, 2.05) is 13.8 Å².